The lowest BCUT2D eigenvalue weighted by Crippen LogP contribution is -2.49. The lowest BCUT2D eigenvalue weighted by Gasteiger charge is -2.33. The second-order valence-corrected chi connectivity index (χ2v) is 7.04. The quantitative estimate of drug-likeness (QED) is 0.679. The summed E-state index contributed by atoms with van der Waals surface area (Å²) >= 11 is 0. The highest BCUT2D eigenvalue weighted by molar-refractivity contribution is 6.04. The van der Waals surface area contributed by atoms with Gasteiger partial charge >= 0.3 is 6.09 Å². The van der Waals surface area contributed by atoms with Gasteiger partial charge in [0.15, 0.2) is 0 Å². The number of ether oxygens (including phenoxy) is 1. The predicted octanol–water partition coefficient (Wildman–Crippen LogP) is 2.44. The fraction of sp³-hybridized carbons (Fsp3) is 0.227. The van der Waals surface area contributed by atoms with Crippen LogP contribution in [0, 0.1) is 0 Å². The number of benzene rings is 1. The maximum atomic E-state index is 12.4. The molecule has 1 aliphatic heterocycles. The van der Waals surface area contributed by atoms with Gasteiger partial charge in [-0.15, -0.1) is 0 Å². The van der Waals surface area contributed by atoms with E-state index < -0.39 is 6.09 Å². The van der Waals surface area contributed by atoms with E-state index in [1.54, 1.807) is 47.5 Å². The smallest absolute Gasteiger partial charge is 0.391 e. The molecule has 9 nitrogen and oxygen atoms in total. The third-order valence-electron chi connectivity index (χ3n) is 4.88. The van der Waals surface area contributed by atoms with Crippen molar-refractivity contribution in [3.63, 3.8) is 0 Å². The van der Waals surface area contributed by atoms with Crippen molar-refractivity contribution in [2.24, 2.45) is 0 Å². The number of aromatic nitrogens is 3. The Hall–Kier alpha value is -3.85. The zero-order valence-corrected chi connectivity index (χ0v) is 16.8. The molecule has 2 amide bonds. The summed E-state index contributed by atoms with van der Waals surface area (Å²) in [4.78, 5) is 40.8. The van der Waals surface area contributed by atoms with Gasteiger partial charge in [-0.1, -0.05) is 18.2 Å². The normalized spacial score (nSPS) is 14.1. The van der Waals surface area contributed by atoms with Crippen molar-refractivity contribution in [1.82, 2.24) is 24.8 Å². The Morgan fingerprint density at radius 3 is 2.45 bits per heavy atom. The first-order valence-electron chi connectivity index (χ1n) is 9.94. The summed E-state index contributed by atoms with van der Waals surface area (Å²) in [5.41, 5.74) is 2.03. The van der Waals surface area contributed by atoms with Gasteiger partial charge in [0.2, 0.25) is 5.88 Å². The molecule has 0 spiro atoms. The van der Waals surface area contributed by atoms with Crippen molar-refractivity contribution in [3.05, 3.63) is 78.5 Å². The van der Waals surface area contributed by atoms with E-state index in [1.165, 1.54) is 12.5 Å². The van der Waals surface area contributed by atoms with Crippen LogP contribution in [-0.2, 0) is 6.54 Å². The Morgan fingerprint density at radius 2 is 1.77 bits per heavy atom. The largest absolute Gasteiger partial charge is 0.416 e. The van der Waals surface area contributed by atoms with Gasteiger partial charge in [0.25, 0.3) is 5.91 Å². The van der Waals surface area contributed by atoms with Crippen molar-refractivity contribution in [2.75, 3.05) is 31.5 Å². The SMILES string of the molecule is O=C(Nc1ccc(OC(=O)N2CCN(Cc3ccncn3)CC2)nc1)c1ccccc1. The maximum absolute atomic E-state index is 12.4. The average molecular weight is 418 g/mol. The van der Waals surface area contributed by atoms with Crippen LogP contribution in [-0.4, -0.2) is 62.9 Å². The van der Waals surface area contributed by atoms with E-state index in [9.17, 15) is 9.59 Å². The molecule has 0 radical (unpaired) electrons. The zero-order valence-electron chi connectivity index (χ0n) is 16.8. The summed E-state index contributed by atoms with van der Waals surface area (Å²) < 4.78 is 5.38. The zero-order chi connectivity index (χ0) is 21.5. The first-order chi connectivity index (χ1) is 15.2. The van der Waals surface area contributed by atoms with Crippen LogP contribution in [0.3, 0.4) is 0 Å². The van der Waals surface area contributed by atoms with Crippen LogP contribution in [0.4, 0.5) is 10.5 Å². The summed E-state index contributed by atoms with van der Waals surface area (Å²) in [6.45, 7) is 3.32. The fourth-order valence-electron chi connectivity index (χ4n) is 3.19. The molecule has 2 aromatic heterocycles. The van der Waals surface area contributed by atoms with E-state index >= 15 is 0 Å². The molecule has 3 aromatic rings. The number of nitrogens with one attached hydrogen (secondary N) is 1. The minimum atomic E-state index is -0.435. The number of carbonyl (C=O) groups is 2. The second-order valence-electron chi connectivity index (χ2n) is 7.04. The van der Waals surface area contributed by atoms with E-state index in [1.807, 2.05) is 12.1 Å². The molecule has 1 saturated heterocycles. The number of nitrogens with zero attached hydrogens (tertiary/aromatic N) is 5. The standard InChI is InChI=1S/C22H22N6O3/c29-21(17-4-2-1-3-5-17)26-18-6-7-20(24-14-18)31-22(30)28-12-10-27(11-13-28)15-19-8-9-23-16-25-19/h1-9,14,16H,10-13,15H2,(H,26,29). The molecule has 0 bridgehead atoms. The molecular formula is C22H22N6O3. The minimum absolute atomic E-state index is 0.186. The number of carbonyl (C=O) groups excluding carboxylic acids is 2. The van der Waals surface area contributed by atoms with Gasteiger partial charge in [-0.05, 0) is 24.3 Å². The van der Waals surface area contributed by atoms with Gasteiger partial charge in [-0.3, -0.25) is 9.69 Å². The monoisotopic (exact) mass is 418 g/mol. The highest BCUT2D eigenvalue weighted by Crippen LogP contribution is 2.15. The van der Waals surface area contributed by atoms with Gasteiger partial charge in [0, 0.05) is 50.6 Å². The summed E-state index contributed by atoms with van der Waals surface area (Å²) in [5.74, 6) is -0.0434. The molecule has 158 valence electrons. The molecule has 0 atom stereocenters. The maximum Gasteiger partial charge on any atom is 0.416 e. The molecule has 31 heavy (non-hydrogen) atoms. The molecule has 0 aliphatic carbocycles. The molecule has 0 unspecified atom stereocenters. The Kier molecular flexibility index (Phi) is 6.44. The summed E-state index contributed by atoms with van der Waals surface area (Å²) in [6, 6.07) is 14.0. The number of anilines is 1. The predicted molar refractivity (Wildman–Crippen MR) is 114 cm³/mol. The highest BCUT2D eigenvalue weighted by atomic mass is 16.6. The van der Waals surface area contributed by atoms with Gasteiger partial charge < -0.3 is 15.0 Å². The summed E-state index contributed by atoms with van der Waals surface area (Å²) in [5, 5.41) is 2.76. The highest BCUT2D eigenvalue weighted by Gasteiger charge is 2.23. The van der Waals surface area contributed by atoms with E-state index in [-0.39, 0.29) is 11.8 Å². The van der Waals surface area contributed by atoms with E-state index in [0.717, 1.165) is 25.3 Å². The van der Waals surface area contributed by atoms with Crippen LogP contribution >= 0.6 is 0 Å². The van der Waals surface area contributed by atoms with Crippen molar-refractivity contribution >= 4 is 17.7 Å². The third-order valence-corrected chi connectivity index (χ3v) is 4.88. The van der Waals surface area contributed by atoms with Crippen LogP contribution in [0.1, 0.15) is 16.1 Å². The molecule has 0 saturated carbocycles. The Balaban J connectivity index is 1.25. The van der Waals surface area contributed by atoms with Crippen LogP contribution in [0.25, 0.3) is 0 Å². The Bertz CT molecular complexity index is 1010. The van der Waals surface area contributed by atoms with E-state index in [0.29, 0.717) is 24.3 Å². The molecule has 9 heteroatoms. The van der Waals surface area contributed by atoms with E-state index in [2.05, 4.69) is 25.2 Å². The summed E-state index contributed by atoms with van der Waals surface area (Å²) in [6.07, 6.45) is 4.29. The average Bonchev–Trinajstić information content (AvgIpc) is 2.82. The van der Waals surface area contributed by atoms with Gasteiger partial charge in [0.05, 0.1) is 17.6 Å². The first kappa shape index (κ1) is 20.4. The van der Waals surface area contributed by atoms with Crippen molar-refractivity contribution < 1.29 is 14.3 Å². The molecular weight excluding hydrogens is 396 g/mol. The number of rotatable bonds is 5. The topological polar surface area (TPSA) is 101 Å². The van der Waals surface area contributed by atoms with Crippen LogP contribution < -0.4 is 10.1 Å². The lowest BCUT2D eigenvalue weighted by molar-refractivity contribution is 0.102. The van der Waals surface area contributed by atoms with Gasteiger partial charge in [-0.25, -0.2) is 19.7 Å². The van der Waals surface area contributed by atoms with Crippen LogP contribution in [0.5, 0.6) is 5.88 Å². The molecule has 1 aromatic carbocycles. The second kappa shape index (κ2) is 9.77. The van der Waals surface area contributed by atoms with Gasteiger partial charge in [-0.2, -0.15) is 0 Å². The molecule has 4 rings (SSSR count). The first-order valence-corrected chi connectivity index (χ1v) is 9.94. The lowest BCUT2D eigenvalue weighted by atomic mass is 10.2. The van der Waals surface area contributed by atoms with Gasteiger partial charge in [0.1, 0.15) is 6.33 Å². The number of hydrogen-bond acceptors (Lipinski definition) is 7. The Labute approximate surface area is 179 Å². The van der Waals surface area contributed by atoms with Crippen molar-refractivity contribution in [3.8, 4) is 5.88 Å². The molecule has 1 fully saturated rings. The van der Waals surface area contributed by atoms with E-state index in [4.69, 9.17) is 4.74 Å². The molecule has 1 aliphatic rings. The molecule has 1 N–H and O–H groups in total. The fourth-order valence-corrected chi connectivity index (χ4v) is 3.19. The Morgan fingerprint density at radius 1 is 0.968 bits per heavy atom. The minimum Gasteiger partial charge on any atom is -0.391 e. The number of amides is 2. The third kappa shape index (κ3) is 5.61. The van der Waals surface area contributed by atoms with Crippen molar-refractivity contribution in [1.29, 1.82) is 0 Å². The van der Waals surface area contributed by atoms with Crippen LogP contribution in [0.15, 0.2) is 67.3 Å². The summed E-state index contributed by atoms with van der Waals surface area (Å²) in [7, 11) is 0. The van der Waals surface area contributed by atoms with Crippen molar-refractivity contribution in [2.45, 2.75) is 6.54 Å². The van der Waals surface area contributed by atoms with Crippen LogP contribution in [0.2, 0.25) is 0 Å². The number of piperazine rings is 1. The number of hydrogen-bond donors (Lipinski definition) is 1. The number of pyridine rings is 1. The molecule has 3 heterocycles.